The highest BCUT2D eigenvalue weighted by Crippen LogP contribution is 2.17. The third-order valence-electron chi connectivity index (χ3n) is 2.56. The molecule has 2 rings (SSSR count). The summed E-state index contributed by atoms with van der Waals surface area (Å²) < 4.78 is 4.89. The van der Waals surface area contributed by atoms with Crippen LogP contribution in [0.3, 0.4) is 0 Å². The summed E-state index contributed by atoms with van der Waals surface area (Å²) in [5.41, 5.74) is 2.63. The van der Waals surface area contributed by atoms with Crippen LogP contribution in [-0.4, -0.2) is 22.5 Å². The fourth-order valence-corrected chi connectivity index (χ4v) is 2.20. The molecule has 0 bridgehead atoms. The monoisotopic (exact) mass is 277 g/mol. The molecule has 6 heteroatoms. The number of nitrogens with zero attached hydrogens (tertiary/aromatic N) is 2. The molecular formula is C13H15N3O2S. The van der Waals surface area contributed by atoms with E-state index in [4.69, 9.17) is 4.74 Å². The van der Waals surface area contributed by atoms with Crippen LogP contribution in [0, 0.1) is 6.92 Å². The van der Waals surface area contributed by atoms with Gasteiger partial charge in [0.05, 0.1) is 6.61 Å². The zero-order chi connectivity index (χ0) is 13.7. The summed E-state index contributed by atoms with van der Waals surface area (Å²) in [6.45, 7) is 4.80. The Balaban J connectivity index is 1.97. The lowest BCUT2D eigenvalue weighted by atomic mass is 10.2. The second kappa shape index (κ2) is 6.29. The molecule has 0 fully saturated rings. The topological polar surface area (TPSA) is 64.1 Å². The maximum Gasteiger partial charge on any atom is 0.357 e. The van der Waals surface area contributed by atoms with Crippen molar-refractivity contribution in [3.63, 3.8) is 0 Å². The average molecular weight is 277 g/mol. The van der Waals surface area contributed by atoms with Crippen LogP contribution >= 0.6 is 11.3 Å². The van der Waals surface area contributed by atoms with Crippen LogP contribution in [0.1, 0.15) is 28.5 Å². The van der Waals surface area contributed by atoms with Crippen molar-refractivity contribution in [3.8, 4) is 0 Å². The fourth-order valence-electron chi connectivity index (χ4n) is 1.53. The number of pyridine rings is 1. The van der Waals surface area contributed by atoms with E-state index in [0.29, 0.717) is 24.0 Å². The van der Waals surface area contributed by atoms with E-state index in [1.165, 1.54) is 11.3 Å². The first-order valence-electron chi connectivity index (χ1n) is 5.96. The van der Waals surface area contributed by atoms with E-state index in [1.807, 2.05) is 19.2 Å². The highest BCUT2D eigenvalue weighted by Gasteiger charge is 2.11. The molecule has 2 aromatic rings. The van der Waals surface area contributed by atoms with Gasteiger partial charge in [0.15, 0.2) is 10.8 Å². The van der Waals surface area contributed by atoms with Crippen LogP contribution in [0.25, 0.3) is 0 Å². The SMILES string of the molecule is CCOC(=O)c1csc(NCc2ccncc2C)n1. The molecular weight excluding hydrogens is 262 g/mol. The molecule has 0 radical (unpaired) electrons. The first kappa shape index (κ1) is 13.5. The van der Waals surface area contributed by atoms with Crippen LogP contribution in [-0.2, 0) is 11.3 Å². The number of thiazole rings is 1. The Morgan fingerprint density at radius 2 is 2.37 bits per heavy atom. The number of carbonyl (C=O) groups excluding carboxylic acids is 1. The summed E-state index contributed by atoms with van der Waals surface area (Å²) in [5.74, 6) is -0.383. The van der Waals surface area contributed by atoms with E-state index in [-0.39, 0.29) is 5.97 Å². The van der Waals surface area contributed by atoms with Crippen molar-refractivity contribution < 1.29 is 9.53 Å². The number of aromatic nitrogens is 2. The van der Waals surface area contributed by atoms with Gasteiger partial charge in [0.2, 0.25) is 0 Å². The lowest BCUT2D eigenvalue weighted by molar-refractivity contribution is 0.0520. The zero-order valence-corrected chi connectivity index (χ0v) is 11.7. The first-order chi connectivity index (χ1) is 9.20. The molecule has 2 aromatic heterocycles. The van der Waals surface area contributed by atoms with Crippen molar-refractivity contribution in [3.05, 3.63) is 40.7 Å². The number of rotatable bonds is 5. The highest BCUT2D eigenvalue weighted by atomic mass is 32.1. The fraction of sp³-hybridized carbons (Fsp3) is 0.308. The molecule has 0 saturated heterocycles. The summed E-state index contributed by atoms with van der Waals surface area (Å²) in [6.07, 6.45) is 3.58. The predicted molar refractivity (Wildman–Crippen MR) is 74.4 cm³/mol. The third kappa shape index (κ3) is 3.51. The lowest BCUT2D eigenvalue weighted by Gasteiger charge is -2.05. The molecule has 0 aliphatic rings. The van der Waals surface area contributed by atoms with Gasteiger partial charge in [-0.1, -0.05) is 0 Å². The van der Waals surface area contributed by atoms with E-state index in [2.05, 4.69) is 15.3 Å². The average Bonchev–Trinajstić information content (AvgIpc) is 2.87. The molecule has 0 amide bonds. The molecule has 0 aliphatic heterocycles. The largest absolute Gasteiger partial charge is 0.461 e. The minimum atomic E-state index is -0.383. The summed E-state index contributed by atoms with van der Waals surface area (Å²) in [4.78, 5) is 19.7. The minimum Gasteiger partial charge on any atom is -0.461 e. The number of hydrogen-bond donors (Lipinski definition) is 1. The van der Waals surface area contributed by atoms with Gasteiger partial charge in [-0.2, -0.15) is 0 Å². The van der Waals surface area contributed by atoms with E-state index < -0.39 is 0 Å². The van der Waals surface area contributed by atoms with E-state index in [9.17, 15) is 4.79 Å². The second-order valence-electron chi connectivity index (χ2n) is 3.91. The van der Waals surface area contributed by atoms with E-state index in [1.54, 1.807) is 18.5 Å². The number of nitrogens with one attached hydrogen (secondary N) is 1. The third-order valence-corrected chi connectivity index (χ3v) is 3.36. The Bertz CT molecular complexity index is 569. The minimum absolute atomic E-state index is 0.348. The number of aryl methyl sites for hydroxylation is 1. The van der Waals surface area contributed by atoms with Crippen molar-refractivity contribution in [2.45, 2.75) is 20.4 Å². The molecule has 100 valence electrons. The molecule has 0 atom stereocenters. The van der Waals surface area contributed by atoms with Crippen molar-refractivity contribution in [2.75, 3.05) is 11.9 Å². The van der Waals surface area contributed by atoms with Gasteiger partial charge in [0.25, 0.3) is 0 Å². The molecule has 2 heterocycles. The molecule has 0 unspecified atom stereocenters. The van der Waals surface area contributed by atoms with Gasteiger partial charge < -0.3 is 10.1 Å². The zero-order valence-electron chi connectivity index (χ0n) is 10.8. The number of carbonyl (C=O) groups is 1. The normalized spacial score (nSPS) is 10.2. The molecule has 1 N–H and O–H groups in total. The van der Waals surface area contributed by atoms with E-state index in [0.717, 1.165) is 11.1 Å². The smallest absolute Gasteiger partial charge is 0.357 e. The van der Waals surface area contributed by atoms with Crippen LogP contribution in [0.15, 0.2) is 23.8 Å². The molecule has 0 spiro atoms. The van der Waals surface area contributed by atoms with Crippen molar-refractivity contribution in [2.24, 2.45) is 0 Å². The molecule has 0 aromatic carbocycles. The second-order valence-corrected chi connectivity index (χ2v) is 4.77. The van der Waals surface area contributed by atoms with Gasteiger partial charge in [0.1, 0.15) is 0 Å². The van der Waals surface area contributed by atoms with Crippen LogP contribution in [0.4, 0.5) is 5.13 Å². The lowest BCUT2D eigenvalue weighted by Crippen LogP contribution is -2.06. The Kier molecular flexibility index (Phi) is 4.46. The Hall–Kier alpha value is -1.95. The first-order valence-corrected chi connectivity index (χ1v) is 6.84. The van der Waals surface area contributed by atoms with Gasteiger partial charge in [-0.25, -0.2) is 9.78 Å². The molecule has 0 aliphatic carbocycles. The van der Waals surface area contributed by atoms with Gasteiger partial charge >= 0.3 is 5.97 Å². The Morgan fingerprint density at radius 1 is 1.53 bits per heavy atom. The van der Waals surface area contributed by atoms with Crippen LogP contribution < -0.4 is 5.32 Å². The number of esters is 1. The van der Waals surface area contributed by atoms with Crippen LogP contribution in [0.2, 0.25) is 0 Å². The van der Waals surface area contributed by atoms with Crippen molar-refractivity contribution in [1.82, 2.24) is 9.97 Å². The van der Waals surface area contributed by atoms with Gasteiger partial charge in [-0.05, 0) is 31.0 Å². The summed E-state index contributed by atoms with van der Waals surface area (Å²) >= 11 is 1.39. The quantitative estimate of drug-likeness (QED) is 0.851. The summed E-state index contributed by atoms with van der Waals surface area (Å²) in [7, 11) is 0. The number of ether oxygens (including phenoxy) is 1. The maximum atomic E-state index is 11.5. The Labute approximate surface area is 115 Å². The molecule has 5 nitrogen and oxygen atoms in total. The van der Waals surface area contributed by atoms with E-state index >= 15 is 0 Å². The predicted octanol–water partition coefficient (Wildman–Crippen LogP) is 2.64. The van der Waals surface area contributed by atoms with Crippen molar-refractivity contribution in [1.29, 1.82) is 0 Å². The number of anilines is 1. The summed E-state index contributed by atoms with van der Waals surface area (Å²) in [6, 6.07) is 1.96. The summed E-state index contributed by atoms with van der Waals surface area (Å²) in [5, 5.41) is 5.59. The number of hydrogen-bond acceptors (Lipinski definition) is 6. The molecule has 0 saturated carbocycles. The maximum absolute atomic E-state index is 11.5. The van der Waals surface area contributed by atoms with Gasteiger partial charge in [-0.3, -0.25) is 4.98 Å². The molecule has 19 heavy (non-hydrogen) atoms. The standard InChI is InChI=1S/C13H15N3O2S/c1-3-18-12(17)11-8-19-13(16-11)15-7-10-4-5-14-6-9(10)2/h4-6,8H,3,7H2,1-2H3,(H,15,16). The van der Waals surface area contributed by atoms with Crippen molar-refractivity contribution >= 4 is 22.4 Å². The van der Waals surface area contributed by atoms with Crippen LogP contribution in [0.5, 0.6) is 0 Å². The van der Waals surface area contributed by atoms with Gasteiger partial charge in [-0.15, -0.1) is 11.3 Å². The Morgan fingerprint density at radius 3 is 3.11 bits per heavy atom. The van der Waals surface area contributed by atoms with Gasteiger partial charge in [0, 0.05) is 24.3 Å². The highest BCUT2D eigenvalue weighted by molar-refractivity contribution is 7.13.